The molecular formula is C13H22O4. The fraction of sp³-hybridized carbons (Fsp3) is 1.00. The molecule has 2 saturated heterocycles. The molecule has 17 heavy (non-hydrogen) atoms. The number of rotatable bonds is 3. The third kappa shape index (κ3) is 2.50. The van der Waals surface area contributed by atoms with E-state index in [0.717, 1.165) is 39.1 Å². The Kier molecular flexibility index (Phi) is 3.66. The van der Waals surface area contributed by atoms with Crippen molar-refractivity contribution in [3.63, 3.8) is 0 Å². The average Bonchev–Trinajstić information content (AvgIpc) is 3.00. The first-order chi connectivity index (χ1) is 8.39. The fourth-order valence-electron chi connectivity index (χ4n) is 3.15. The summed E-state index contributed by atoms with van der Waals surface area (Å²) in [4.78, 5) is 0. The third-order valence-electron chi connectivity index (χ3n) is 4.10. The van der Waals surface area contributed by atoms with Crippen LogP contribution in [0, 0.1) is 5.92 Å². The molecule has 3 rings (SSSR count). The molecule has 2 unspecified atom stereocenters. The third-order valence-corrected chi connectivity index (χ3v) is 4.10. The second-order valence-electron chi connectivity index (χ2n) is 5.23. The van der Waals surface area contributed by atoms with E-state index in [1.807, 2.05) is 0 Å². The summed E-state index contributed by atoms with van der Waals surface area (Å²) in [7, 11) is 0. The predicted molar refractivity (Wildman–Crippen MR) is 61.5 cm³/mol. The highest BCUT2D eigenvalue weighted by Crippen LogP contribution is 2.42. The average molecular weight is 242 g/mol. The van der Waals surface area contributed by atoms with E-state index in [1.165, 1.54) is 19.3 Å². The molecule has 4 nitrogen and oxygen atoms in total. The van der Waals surface area contributed by atoms with Gasteiger partial charge in [-0.2, -0.15) is 0 Å². The lowest BCUT2D eigenvalue weighted by molar-refractivity contribution is -0.220. The highest BCUT2D eigenvalue weighted by atomic mass is 16.7. The molecular weight excluding hydrogens is 220 g/mol. The van der Waals surface area contributed by atoms with Crippen LogP contribution in [-0.2, 0) is 18.9 Å². The minimum Gasteiger partial charge on any atom is -0.353 e. The van der Waals surface area contributed by atoms with Crippen molar-refractivity contribution in [1.29, 1.82) is 0 Å². The summed E-state index contributed by atoms with van der Waals surface area (Å²) in [6.07, 6.45) is 6.76. The smallest absolute Gasteiger partial charge is 0.173 e. The Morgan fingerprint density at radius 3 is 2.65 bits per heavy atom. The van der Waals surface area contributed by atoms with Crippen LogP contribution in [0.4, 0.5) is 0 Å². The van der Waals surface area contributed by atoms with Crippen molar-refractivity contribution in [2.45, 2.75) is 50.6 Å². The van der Waals surface area contributed by atoms with Gasteiger partial charge < -0.3 is 18.9 Å². The Balaban J connectivity index is 1.50. The topological polar surface area (TPSA) is 36.9 Å². The summed E-state index contributed by atoms with van der Waals surface area (Å²) < 4.78 is 23.1. The lowest BCUT2D eigenvalue weighted by Gasteiger charge is -2.31. The highest BCUT2D eigenvalue weighted by Gasteiger charge is 2.48. The van der Waals surface area contributed by atoms with Crippen LogP contribution in [0.5, 0.6) is 0 Å². The minimum atomic E-state index is -0.325. The lowest BCUT2D eigenvalue weighted by Crippen LogP contribution is -2.38. The van der Waals surface area contributed by atoms with Crippen molar-refractivity contribution in [1.82, 2.24) is 0 Å². The zero-order valence-corrected chi connectivity index (χ0v) is 10.4. The maximum atomic E-state index is 5.87. The van der Waals surface area contributed by atoms with Crippen molar-refractivity contribution >= 4 is 0 Å². The molecule has 0 bridgehead atoms. The minimum absolute atomic E-state index is 0.00260. The standard InChI is InChI=1S/C13H22O4/c1-2-7-14-12(5-1)15-10-11-4-3-6-13(11)16-8-9-17-13/h11-12H,1-10H2. The number of ether oxygens (including phenoxy) is 4. The van der Waals surface area contributed by atoms with Gasteiger partial charge in [0.15, 0.2) is 12.1 Å². The van der Waals surface area contributed by atoms with Crippen LogP contribution in [0.25, 0.3) is 0 Å². The first-order valence-corrected chi connectivity index (χ1v) is 6.90. The summed E-state index contributed by atoms with van der Waals surface area (Å²) in [6, 6.07) is 0. The van der Waals surface area contributed by atoms with Crippen LogP contribution in [0.1, 0.15) is 38.5 Å². The van der Waals surface area contributed by atoms with Gasteiger partial charge in [-0.05, 0) is 32.1 Å². The highest BCUT2D eigenvalue weighted by molar-refractivity contribution is 4.88. The second kappa shape index (κ2) is 5.22. The van der Waals surface area contributed by atoms with Crippen molar-refractivity contribution < 1.29 is 18.9 Å². The van der Waals surface area contributed by atoms with Crippen LogP contribution < -0.4 is 0 Å². The fourth-order valence-corrected chi connectivity index (χ4v) is 3.15. The van der Waals surface area contributed by atoms with Gasteiger partial charge in [0.2, 0.25) is 0 Å². The van der Waals surface area contributed by atoms with E-state index >= 15 is 0 Å². The Hall–Kier alpha value is -0.160. The zero-order chi connectivity index (χ0) is 11.6. The molecule has 1 saturated carbocycles. The molecule has 0 aromatic carbocycles. The summed E-state index contributed by atoms with van der Waals surface area (Å²) in [5.41, 5.74) is 0. The first kappa shape index (κ1) is 11.9. The molecule has 1 aliphatic carbocycles. The Morgan fingerprint density at radius 2 is 1.88 bits per heavy atom. The maximum absolute atomic E-state index is 5.87. The molecule has 1 spiro atoms. The summed E-state index contributed by atoms with van der Waals surface area (Å²) in [6.45, 7) is 3.02. The van der Waals surface area contributed by atoms with Crippen LogP contribution in [0.15, 0.2) is 0 Å². The molecule has 3 aliphatic rings. The maximum Gasteiger partial charge on any atom is 0.173 e. The van der Waals surface area contributed by atoms with Crippen LogP contribution >= 0.6 is 0 Å². The van der Waals surface area contributed by atoms with E-state index in [4.69, 9.17) is 18.9 Å². The quantitative estimate of drug-likeness (QED) is 0.759. The molecule has 3 fully saturated rings. The molecule has 0 aromatic heterocycles. The Morgan fingerprint density at radius 1 is 1.00 bits per heavy atom. The Bertz CT molecular complexity index is 238. The molecule has 0 N–H and O–H groups in total. The van der Waals surface area contributed by atoms with Crippen LogP contribution in [0.3, 0.4) is 0 Å². The van der Waals surface area contributed by atoms with E-state index in [2.05, 4.69) is 0 Å². The molecule has 0 aromatic rings. The molecule has 0 radical (unpaired) electrons. The number of hydrogen-bond donors (Lipinski definition) is 0. The van der Waals surface area contributed by atoms with Gasteiger partial charge in [-0.15, -0.1) is 0 Å². The van der Waals surface area contributed by atoms with Crippen molar-refractivity contribution in [2.75, 3.05) is 26.4 Å². The first-order valence-electron chi connectivity index (χ1n) is 6.90. The van der Waals surface area contributed by atoms with E-state index in [1.54, 1.807) is 0 Å². The summed E-state index contributed by atoms with van der Waals surface area (Å²) >= 11 is 0. The second-order valence-corrected chi connectivity index (χ2v) is 5.23. The number of hydrogen-bond acceptors (Lipinski definition) is 4. The summed E-state index contributed by atoms with van der Waals surface area (Å²) in [5.74, 6) is 0.0600. The Labute approximate surface area is 103 Å². The van der Waals surface area contributed by atoms with Gasteiger partial charge in [-0.3, -0.25) is 0 Å². The normalized spacial score (nSPS) is 36.7. The van der Waals surface area contributed by atoms with Gasteiger partial charge in [0.1, 0.15) is 0 Å². The van der Waals surface area contributed by atoms with Gasteiger partial charge in [0.05, 0.1) is 19.8 Å². The van der Waals surface area contributed by atoms with Crippen LogP contribution in [0.2, 0.25) is 0 Å². The van der Waals surface area contributed by atoms with E-state index < -0.39 is 0 Å². The molecule has 2 heterocycles. The zero-order valence-electron chi connectivity index (χ0n) is 10.4. The lowest BCUT2D eigenvalue weighted by atomic mass is 10.0. The van der Waals surface area contributed by atoms with E-state index in [-0.39, 0.29) is 12.1 Å². The van der Waals surface area contributed by atoms with Crippen molar-refractivity contribution in [3.8, 4) is 0 Å². The van der Waals surface area contributed by atoms with Crippen molar-refractivity contribution in [2.24, 2.45) is 5.92 Å². The van der Waals surface area contributed by atoms with Crippen molar-refractivity contribution in [3.05, 3.63) is 0 Å². The molecule has 0 amide bonds. The molecule has 4 heteroatoms. The van der Waals surface area contributed by atoms with Gasteiger partial charge in [-0.1, -0.05) is 0 Å². The van der Waals surface area contributed by atoms with Gasteiger partial charge >= 0.3 is 0 Å². The summed E-state index contributed by atoms with van der Waals surface area (Å²) in [5, 5.41) is 0. The molecule has 98 valence electrons. The predicted octanol–water partition coefficient (Wildman–Crippen LogP) is 2.07. The van der Waals surface area contributed by atoms with E-state index in [9.17, 15) is 0 Å². The largest absolute Gasteiger partial charge is 0.353 e. The van der Waals surface area contributed by atoms with Gasteiger partial charge in [-0.25, -0.2) is 0 Å². The monoisotopic (exact) mass is 242 g/mol. The molecule has 2 aliphatic heterocycles. The molecule has 2 atom stereocenters. The van der Waals surface area contributed by atoms with Crippen LogP contribution in [-0.4, -0.2) is 38.5 Å². The van der Waals surface area contributed by atoms with Gasteiger partial charge in [0, 0.05) is 18.9 Å². The van der Waals surface area contributed by atoms with Gasteiger partial charge in [0.25, 0.3) is 0 Å². The van der Waals surface area contributed by atoms with E-state index in [0.29, 0.717) is 12.5 Å². The SMILES string of the molecule is C1CCC(OCC2CCCC23OCCO3)OC1.